The number of carbonyl (C=O) groups excluding carboxylic acids is 1. The molecular formula is C13H24F2N2O3. The van der Waals surface area contributed by atoms with Gasteiger partial charge < -0.3 is 20.1 Å². The zero-order chi connectivity index (χ0) is 15.2. The Morgan fingerprint density at radius 2 is 2.05 bits per heavy atom. The molecule has 0 saturated carbocycles. The number of hydrogen-bond donors (Lipinski definition) is 2. The summed E-state index contributed by atoms with van der Waals surface area (Å²) >= 11 is 0. The van der Waals surface area contributed by atoms with E-state index in [0.29, 0.717) is 13.2 Å². The van der Waals surface area contributed by atoms with E-state index in [1.807, 2.05) is 0 Å². The predicted octanol–water partition coefficient (Wildman–Crippen LogP) is 1.91. The molecular weight excluding hydrogens is 270 g/mol. The van der Waals surface area contributed by atoms with Crippen LogP contribution in [-0.2, 0) is 9.47 Å². The third kappa shape index (κ3) is 7.59. The highest BCUT2D eigenvalue weighted by molar-refractivity contribution is 5.67. The molecule has 1 aliphatic heterocycles. The summed E-state index contributed by atoms with van der Waals surface area (Å²) in [7, 11) is 0. The van der Waals surface area contributed by atoms with Gasteiger partial charge in [0, 0.05) is 12.6 Å². The molecule has 1 fully saturated rings. The molecule has 1 saturated heterocycles. The predicted molar refractivity (Wildman–Crippen MR) is 71.0 cm³/mol. The SMILES string of the molecule is CC(C)(C)OC(=O)NCC(F)(F)CNC1CCCOC1. The normalized spacial score (nSPS) is 20.6. The second-order valence-electron chi connectivity index (χ2n) is 6.01. The molecule has 1 rings (SSSR count). The van der Waals surface area contributed by atoms with Gasteiger partial charge in [0.15, 0.2) is 0 Å². The maximum atomic E-state index is 13.6. The third-order valence-electron chi connectivity index (χ3n) is 2.70. The lowest BCUT2D eigenvalue weighted by molar-refractivity contribution is -0.0123. The molecule has 0 aliphatic carbocycles. The van der Waals surface area contributed by atoms with E-state index in [9.17, 15) is 13.6 Å². The zero-order valence-electron chi connectivity index (χ0n) is 12.3. The molecule has 20 heavy (non-hydrogen) atoms. The van der Waals surface area contributed by atoms with Crippen molar-refractivity contribution in [1.82, 2.24) is 10.6 Å². The maximum Gasteiger partial charge on any atom is 0.407 e. The molecule has 0 aromatic rings. The van der Waals surface area contributed by atoms with Crippen molar-refractivity contribution in [2.45, 2.75) is 51.2 Å². The standard InChI is InChI=1S/C13H24F2N2O3/c1-12(2,3)20-11(18)17-9-13(14,15)8-16-10-5-4-6-19-7-10/h10,16H,4-9H2,1-3H3,(H,17,18). The van der Waals surface area contributed by atoms with Crippen LogP contribution < -0.4 is 10.6 Å². The van der Waals surface area contributed by atoms with Gasteiger partial charge in [0.05, 0.1) is 19.7 Å². The van der Waals surface area contributed by atoms with Crippen molar-refractivity contribution in [1.29, 1.82) is 0 Å². The largest absolute Gasteiger partial charge is 0.444 e. The van der Waals surface area contributed by atoms with Gasteiger partial charge in [0.2, 0.25) is 0 Å². The first-order valence-electron chi connectivity index (χ1n) is 6.84. The molecule has 0 aromatic heterocycles. The van der Waals surface area contributed by atoms with Crippen LogP contribution in [0.2, 0.25) is 0 Å². The molecule has 0 bridgehead atoms. The first-order chi connectivity index (χ1) is 9.18. The highest BCUT2D eigenvalue weighted by Gasteiger charge is 2.31. The molecule has 2 N–H and O–H groups in total. The topological polar surface area (TPSA) is 59.6 Å². The van der Waals surface area contributed by atoms with Gasteiger partial charge in [0.1, 0.15) is 5.60 Å². The molecule has 118 valence electrons. The van der Waals surface area contributed by atoms with Crippen molar-refractivity contribution in [3.63, 3.8) is 0 Å². The summed E-state index contributed by atoms with van der Waals surface area (Å²) in [5.41, 5.74) is -0.697. The smallest absolute Gasteiger partial charge is 0.407 e. The van der Waals surface area contributed by atoms with Gasteiger partial charge in [-0.05, 0) is 33.6 Å². The van der Waals surface area contributed by atoms with E-state index >= 15 is 0 Å². The summed E-state index contributed by atoms with van der Waals surface area (Å²) in [6.07, 6.45) is 0.868. The van der Waals surface area contributed by atoms with Gasteiger partial charge in [-0.2, -0.15) is 0 Å². The fourth-order valence-corrected chi connectivity index (χ4v) is 1.77. The van der Waals surface area contributed by atoms with E-state index in [-0.39, 0.29) is 6.04 Å². The lowest BCUT2D eigenvalue weighted by Crippen LogP contribution is -2.48. The second kappa shape index (κ2) is 7.17. The van der Waals surface area contributed by atoms with Crippen molar-refractivity contribution >= 4 is 6.09 Å². The number of alkyl carbamates (subject to hydrolysis) is 1. The first kappa shape index (κ1) is 17.1. The number of nitrogens with one attached hydrogen (secondary N) is 2. The summed E-state index contributed by atoms with van der Waals surface area (Å²) < 4.78 is 37.3. The molecule has 5 nitrogen and oxygen atoms in total. The van der Waals surface area contributed by atoms with Crippen LogP contribution in [0.25, 0.3) is 0 Å². The number of hydrogen-bond acceptors (Lipinski definition) is 4. The van der Waals surface area contributed by atoms with E-state index in [1.165, 1.54) is 0 Å². The van der Waals surface area contributed by atoms with E-state index in [2.05, 4.69) is 10.6 Å². The average Bonchev–Trinajstić information content (AvgIpc) is 2.34. The Hall–Kier alpha value is -0.950. The Kier molecular flexibility index (Phi) is 6.13. The lowest BCUT2D eigenvalue weighted by atomic mass is 10.1. The Balaban J connectivity index is 2.24. The van der Waals surface area contributed by atoms with Gasteiger partial charge in [0.25, 0.3) is 5.92 Å². The molecule has 7 heteroatoms. The molecule has 0 radical (unpaired) electrons. The Bertz CT molecular complexity index is 313. The quantitative estimate of drug-likeness (QED) is 0.813. The summed E-state index contributed by atoms with van der Waals surface area (Å²) in [6, 6.07) is -0.0452. The lowest BCUT2D eigenvalue weighted by Gasteiger charge is -2.26. The van der Waals surface area contributed by atoms with E-state index in [4.69, 9.17) is 9.47 Å². The number of halogens is 2. The molecule has 1 heterocycles. The zero-order valence-corrected chi connectivity index (χ0v) is 12.3. The van der Waals surface area contributed by atoms with E-state index in [0.717, 1.165) is 12.8 Å². The van der Waals surface area contributed by atoms with Gasteiger partial charge >= 0.3 is 6.09 Å². The van der Waals surface area contributed by atoms with Gasteiger partial charge in [-0.1, -0.05) is 0 Å². The van der Waals surface area contributed by atoms with Crippen LogP contribution in [0.3, 0.4) is 0 Å². The summed E-state index contributed by atoms with van der Waals surface area (Å²) in [5, 5.41) is 4.85. The fourth-order valence-electron chi connectivity index (χ4n) is 1.77. The van der Waals surface area contributed by atoms with Crippen LogP contribution in [0.15, 0.2) is 0 Å². The van der Waals surface area contributed by atoms with Crippen molar-refractivity contribution in [3.8, 4) is 0 Å². The maximum absolute atomic E-state index is 13.6. The minimum absolute atomic E-state index is 0.0452. The molecule has 1 unspecified atom stereocenters. The summed E-state index contributed by atoms with van der Waals surface area (Å²) in [4.78, 5) is 11.3. The molecule has 1 amide bonds. The Morgan fingerprint density at radius 1 is 1.35 bits per heavy atom. The Morgan fingerprint density at radius 3 is 2.60 bits per heavy atom. The van der Waals surface area contributed by atoms with Crippen LogP contribution in [0.1, 0.15) is 33.6 Å². The molecule has 1 aliphatic rings. The van der Waals surface area contributed by atoms with Crippen molar-refractivity contribution in [2.24, 2.45) is 0 Å². The fraction of sp³-hybridized carbons (Fsp3) is 0.923. The van der Waals surface area contributed by atoms with Gasteiger partial charge in [-0.3, -0.25) is 0 Å². The first-order valence-corrected chi connectivity index (χ1v) is 6.84. The number of carbonyl (C=O) groups is 1. The Labute approximate surface area is 118 Å². The summed E-state index contributed by atoms with van der Waals surface area (Å²) in [5.74, 6) is -3.02. The highest BCUT2D eigenvalue weighted by Crippen LogP contribution is 2.13. The highest BCUT2D eigenvalue weighted by atomic mass is 19.3. The van der Waals surface area contributed by atoms with E-state index < -0.39 is 30.7 Å². The van der Waals surface area contributed by atoms with Crippen LogP contribution in [-0.4, -0.2) is 50.0 Å². The van der Waals surface area contributed by atoms with Crippen LogP contribution in [0, 0.1) is 0 Å². The van der Waals surface area contributed by atoms with Crippen molar-refractivity contribution in [2.75, 3.05) is 26.3 Å². The van der Waals surface area contributed by atoms with Crippen LogP contribution in [0.5, 0.6) is 0 Å². The van der Waals surface area contributed by atoms with Gasteiger partial charge in [-0.25, -0.2) is 13.6 Å². The molecule has 0 aromatic carbocycles. The van der Waals surface area contributed by atoms with Crippen molar-refractivity contribution < 1.29 is 23.0 Å². The minimum atomic E-state index is -3.02. The molecule has 1 atom stereocenters. The number of ether oxygens (including phenoxy) is 2. The number of amides is 1. The molecule has 0 spiro atoms. The van der Waals surface area contributed by atoms with E-state index in [1.54, 1.807) is 20.8 Å². The average molecular weight is 294 g/mol. The van der Waals surface area contributed by atoms with Crippen LogP contribution >= 0.6 is 0 Å². The third-order valence-corrected chi connectivity index (χ3v) is 2.70. The number of alkyl halides is 2. The monoisotopic (exact) mass is 294 g/mol. The van der Waals surface area contributed by atoms with Gasteiger partial charge in [-0.15, -0.1) is 0 Å². The summed E-state index contributed by atoms with van der Waals surface area (Å²) in [6.45, 7) is 4.93. The number of rotatable bonds is 5. The minimum Gasteiger partial charge on any atom is -0.444 e. The second-order valence-corrected chi connectivity index (χ2v) is 6.01. The van der Waals surface area contributed by atoms with Crippen molar-refractivity contribution in [3.05, 3.63) is 0 Å². The van der Waals surface area contributed by atoms with Crippen LogP contribution in [0.4, 0.5) is 13.6 Å².